The van der Waals surface area contributed by atoms with E-state index in [0.29, 0.717) is 6.42 Å². The molecule has 0 radical (unpaired) electrons. The molecule has 0 fully saturated rings. The van der Waals surface area contributed by atoms with Crippen molar-refractivity contribution in [3.63, 3.8) is 0 Å². The van der Waals surface area contributed by atoms with Crippen LogP contribution in [0.3, 0.4) is 0 Å². The largest absolute Gasteiger partial charge is 1.00 e. The zero-order chi connectivity index (χ0) is 9.68. The highest BCUT2D eigenvalue weighted by Gasteiger charge is 2.04. The van der Waals surface area contributed by atoms with Crippen LogP contribution < -0.4 is 12.4 Å². The summed E-state index contributed by atoms with van der Waals surface area (Å²) in [7, 11) is 3.94. The van der Waals surface area contributed by atoms with Gasteiger partial charge < -0.3 is 17.3 Å². The van der Waals surface area contributed by atoms with Crippen LogP contribution in [0.25, 0.3) is 0 Å². The Labute approximate surface area is 91.3 Å². The Morgan fingerprint density at radius 3 is 2.29 bits per heavy atom. The lowest BCUT2D eigenvalue weighted by molar-refractivity contribution is -0.0000107. The molecule has 0 amide bonds. The van der Waals surface area contributed by atoms with E-state index in [1.165, 1.54) is 0 Å². The summed E-state index contributed by atoms with van der Waals surface area (Å²) in [4.78, 5) is 13.5. The minimum atomic E-state index is 0. The molecule has 1 aromatic carbocycles. The Balaban J connectivity index is 0.00000169. The van der Waals surface area contributed by atoms with E-state index in [1.54, 1.807) is 0 Å². The van der Waals surface area contributed by atoms with Crippen LogP contribution in [0.5, 0.6) is 0 Å². The fraction of sp³-hybridized carbons (Fsp3) is 0.364. The Kier molecular flexibility index (Phi) is 6.17. The second-order valence-electron chi connectivity index (χ2n) is 3.34. The molecular formula is C11H15ClNO-. The molecule has 1 aromatic rings. The number of hydrogen-bond acceptors (Lipinski definition) is 2. The predicted molar refractivity (Wildman–Crippen MR) is 53.9 cm³/mol. The summed E-state index contributed by atoms with van der Waals surface area (Å²) in [5, 5.41) is 0. The van der Waals surface area contributed by atoms with Crippen molar-refractivity contribution in [2.45, 2.75) is 6.42 Å². The lowest BCUT2D eigenvalue weighted by Crippen LogP contribution is -3.00. The van der Waals surface area contributed by atoms with Gasteiger partial charge in [0.1, 0.15) is 0 Å². The highest BCUT2D eigenvalue weighted by molar-refractivity contribution is 5.96. The van der Waals surface area contributed by atoms with Gasteiger partial charge in [0.15, 0.2) is 5.78 Å². The number of carbonyl (C=O) groups excluding carboxylic acids is 1. The van der Waals surface area contributed by atoms with Crippen LogP contribution in [0.15, 0.2) is 30.3 Å². The van der Waals surface area contributed by atoms with Crippen molar-refractivity contribution >= 4 is 5.78 Å². The highest BCUT2D eigenvalue weighted by atomic mass is 35.5. The van der Waals surface area contributed by atoms with Crippen molar-refractivity contribution in [1.82, 2.24) is 4.90 Å². The molecule has 0 N–H and O–H groups in total. The van der Waals surface area contributed by atoms with E-state index in [-0.39, 0.29) is 18.2 Å². The lowest BCUT2D eigenvalue weighted by Gasteiger charge is -2.07. The number of nitrogens with zero attached hydrogens (tertiary/aromatic N) is 1. The average Bonchev–Trinajstić information content (AvgIpc) is 2.15. The Morgan fingerprint density at radius 2 is 1.79 bits per heavy atom. The van der Waals surface area contributed by atoms with E-state index in [1.807, 2.05) is 49.3 Å². The summed E-state index contributed by atoms with van der Waals surface area (Å²) < 4.78 is 0. The van der Waals surface area contributed by atoms with Crippen LogP contribution in [-0.2, 0) is 0 Å². The number of hydrogen-bond donors (Lipinski definition) is 0. The third kappa shape index (κ3) is 4.40. The van der Waals surface area contributed by atoms with Crippen LogP contribution in [0.2, 0.25) is 0 Å². The van der Waals surface area contributed by atoms with Crippen LogP contribution >= 0.6 is 0 Å². The molecular weight excluding hydrogens is 198 g/mol. The van der Waals surface area contributed by atoms with Gasteiger partial charge in [0.25, 0.3) is 0 Å². The fourth-order valence-electron chi connectivity index (χ4n) is 1.09. The first-order chi connectivity index (χ1) is 6.20. The summed E-state index contributed by atoms with van der Waals surface area (Å²) in [6.45, 7) is 0.813. The van der Waals surface area contributed by atoms with Gasteiger partial charge >= 0.3 is 0 Å². The lowest BCUT2D eigenvalue weighted by atomic mass is 10.1. The van der Waals surface area contributed by atoms with Crippen LogP contribution in [-0.4, -0.2) is 31.3 Å². The summed E-state index contributed by atoms with van der Waals surface area (Å²) in [6, 6.07) is 9.42. The molecule has 0 bridgehead atoms. The standard InChI is InChI=1S/C11H15NO.ClH/c1-12(2)9-8-11(13)10-6-4-3-5-7-10;/h3-7H,8-9H2,1-2H3;1H/p-1. The zero-order valence-corrected chi connectivity index (χ0v) is 9.29. The number of rotatable bonds is 4. The first-order valence-electron chi connectivity index (χ1n) is 4.43. The molecule has 0 atom stereocenters. The third-order valence-corrected chi connectivity index (χ3v) is 1.88. The molecule has 1 rings (SSSR count). The Bertz CT molecular complexity index is 272. The van der Waals surface area contributed by atoms with E-state index >= 15 is 0 Å². The predicted octanol–water partition coefficient (Wildman–Crippen LogP) is -1.17. The van der Waals surface area contributed by atoms with Crippen molar-refractivity contribution in [2.75, 3.05) is 20.6 Å². The van der Waals surface area contributed by atoms with Gasteiger partial charge in [0.05, 0.1) is 0 Å². The van der Waals surface area contributed by atoms with Gasteiger partial charge in [-0.05, 0) is 14.1 Å². The van der Waals surface area contributed by atoms with Crippen molar-refractivity contribution < 1.29 is 17.2 Å². The van der Waals surface area contributed by atoms with Crippen LogP contribution in [0.1, 0.15) is 16.8 Å². The van der Waals surface area contributed by atoms with Gasteiger partial charge in [-0.1, -0.05) is 30.3 Å². The summed E-state index contributed by atoms with van der Waals surface area (Å²) in [6.07, 6.45) is 0.594. The molecule has 0 unspecified atom stereocenters. The normalized spacial score (nSPS) is 9.64. The number of benzene rings is 1. The van der Waals surface area contributed by atoms with Crippen LogP contribution in [0, 0.1) is 0 Å². The topological polar surface area (TPSA) is 20.3 Å². The minimum Gasteiger partial charge on any atom is -1.00 e. The van der Waals surface area contributed by atoms with Gasteiger partial charge in [-0.15, -0.1) is 0 Å². The van der Waals surface area contributed by atoms with Gasteiger partial charge in [-0.25, -0.2) is 0 Å². The average molecular weight is 213 g/mol. The van der Waals surface area contributed by atoms with E-state index in [9.17, 15) is 4.79 Å². The van der Waals surface area contributed by atoms with Gasteiger partial charge in [-0.3, -0.25) is 4.79 Å². The maximum absolute atomic E-state index is 11.5. The van der Waals surface area contributed by atoms with Gasteiger partial charge in [0.2, 0.25) is 0 Å². The van der Waals surface area contributed by atoms with E-state index in [4.69, 9.17) is 0 Å². The molecule has 0 spiro atoms. The maximum atomic E-state index is 11.5. The Hall–Kier alpha value is -0.860. The molecule has 2 nitrogen and oxygen atoms in total. The monoisotopic (exact) mass is 212 g/mol. The number of carbonyl (C=O) groups is 1. The zero-order valence-electron chi connectivity index (χ0n) is 8.53. The van der Waals surface area contributed by atoms with Crippen molar-refractivity contribution in [2.24, 2.45) is 0 Å². The number of halogens is 1. The quantitative estimate of drug-likeness (QED) is 0.586. The first-order valence-corrected chi connectivity index (χ1v) is 4.43. The molecule has 78 valence electrons. The molecule has 14 heavy (non-hydrogen) atoms. The van der Waals surface area contributed by atoms with Gasteiger partial charge in [0, 0.05) is 18.5 Å². The van der Waals surface area contributed by atoms with Crippen molar-refractivity contribution in [3.8, 4) is 0 Å². The van der Waals surface area contributed by atoms with E-state index < -0.39 is 0 Å². The molecule has 0 aromatic heterocycles. The van der Waals surface area contributed by atoms with E-state index in [2.05, 4.69) is 0 Å². The smallest absolute Gasteiger partial charge is 0.164 e. The molecule has 0 saturated heterocycles. The molecule has 0 aliphatic carbocycles. The highest BCUT2D eigenvalue weighted by Crippen LogP contribution is 2.02. The van der Waals surface area contributed by atoms with Crippen molar-refractivity contribution in [3.05, 3.63) is 35.9 Å². The molecule has 0 heterocycles. The SMILES string of the molecule is CN(C)CCC(=O)c1ccccc1.[Cl-]. The van der Waals surface area contributed by atoms with E-state index in [0.717, 1.165) is 12.1 Å². The first kappa shape index (κ1) is 13.1. The number of Topliss-reactive ketones (excluding diaryl/α,β-unsaturated/α-hetero) is 1. The second-order valence-corrected chi connectivity index (χ2v) is 3.34. The summed E-state index contributed by atoms with van der Waals surface area (Å²) in [5.41, 5.74) is 0.810. The maximum Gasteiger partial charge on any atom is 0.164 e. The van der Waals surface area contributed by atoms with Crippen molar-refractivity contribution in [1.29, 1.82) is 0 Å². The molecule has 0 aliphatic rings. The third-order valence-electron chi connectivity index (χ3n) is 1.88. The molecule has 0 aliphatic heterocycles. The molecule has 0 saturated carbocycles. The second kappa shape index (κ2) is 6.57. The minimum absolute atomic E-state index is 0. The number of ketones is 1. The Morgan fingerprint density at radius 1 is 1.21 bits per heavy atom. The van der Waals surface area contributed by atoms with Crippen LogP contribution in [0.4, 0.5) is 0 Å². The summed E-state index contributed by atoms with van der Waals surface area (Å²) >= 11 is 0. The fourth-order valence-corrected chi connectivity index (χ4v) is 1.09. The molecule has 3 heteroatoms. The van der Waals surface area contributed by atoms with Gasteiger partial charge in [-0.2, -0.15) is 0 Å². The summed E-state index contributed by atoms with van der Waals surface area (Å²) in [5.74, 6) is 0.217.